The Morgan fingerprint density at radius 2 is 1.66 bits per heavy atom. The molecule has 5 rings (SSSR count). The Labute approximate surface area is 369 Å². The van der Waals surface area contributed by atoms with Crippen LogP contribution in [0.25, 0.3) is 0 Å². The Kier molecular flexibility index (Phi) is 16.7. The molecule has 17 nitrogen and oxygen atoms in total. The summed E-state index contributed by atoms with van der Waals surface area (Å²) in [6.45, 7) is 21.1. The van der Waals surface area contributed by atoms with Gasteiger partial charge in [-0.2, -0.15) is 0 Å². The first-order valence-electron chi connectivity index (χ1n) is 22.8. The van der Waals surface area contributed by atoms with E-state index in [1.165, 1.54) is 6.92 Å². The summed E-state index contributed by atoms with van der Waals surface area (Å²) in [5.41, 5.74) is -4.57. The van der Waals surface area contributed by atoms with Crippen LogP contribution in [-0.4, -0.2) is 187 Å². The summed E-state index contributed by atoms with van der Waals surface area (Å²) >= 11 is 0. The van der Waals surface area contributed by atoms with Crippen molar-refractivity contribution in [3.63, 3.8) is 0 Å². The van der Waals surface area contributed by atoms with Crippen molar-refractivity contribution in [1.82, 2.24) is 9.80 Å². The molecule has 0 bridgehead atoms. The molecule has 62 heavy (non-hydrogen) atoms. The standard InChI is InChI=1S/C45H80N2O15/c1-16-32-44(11)45(62-44)37(61-41(45)51)28(6)47(14)23-24(2)21-42(9,52)36(60-40-35(57-30(8)49)31(46(12)13)20-25(3)55-40)26(4)34(27(5)39(50)58-32)59-33-22-43(10,53-15)38(29(7)56-33)54-19-17-18-48/h24-29,31-38,40-41,48,51-52H,16-23H2,1-15H3/t24-,25-,26+,27-,28-,29+,31+,32-,33?,34+,35-,36-,37-,38+,40+,41-,42-,43-,44-,45?/m1/s1. The van der Waals surface area contributed by atoms with Gasteiger partial charge in [0.15, 0.2) is 30.6 Å². The van der Waals surface area contributed by atoms with E-state index >= 15 is 0 Å². The van der Waals surface area contributed by atoms with Gasteiger partial charge in [-0.05, 0) is 101 Å². The summed E-state index contributed by atoms with van der Waals surface area (Å²) in [4.78, 5) is 31.5. The predicted octanol–water partition coefficient (Wildman–Crippen LogP) is 3.01. The summed E-state index contributed by atoms with van der Waals surface area (Å²) in [6, 6.07) is -0.474. The molecule has 0 aromatic heterocycles. The van der Waals surface area contributed by atoms with E-state index in [9.17, 15) is 24.9 Å². The molecule has 20 atom stereocenters. The molecule has 0 amide bonds. The highest BCUT2D eigenvalue weighted by Crippen LogP contribution is 2.63. The van der Waals surface area contributed by atoms with Crippen molar-refractivity contribution in [3.8, 4) is 0 Å². The van der Waals surface area contributed by atoms with E-state index in [1.54, 1.807) is 21.0 Å². The third-order valence-corrected chi connectivity index (χ3v) is 14.6. The smallest absolute Gasteiger partial charge is 0.311 e. The van der Waals surface area contributed by atoms with Crippen LogP contribution in [0.4, 0.5) is 0 Å². The van der Waals surface area contributed by atoms with Gasteiger partial charge in [-0.3, -0.25) is 9.59 Å². The minimum Gasteiger partial charge on any atom is -0.459 e. The predicted molar refractivity (Wildman–Crippen MR) is 226 cm³/mol. The summed E-state index contributed by atoms with van der Waals surface area (Å²) in [5.74, 6) is -2.91. The maximum absolute atomic E-state index is 14.7. The van der Waals surface area contributed by atoms with E-state index in [4.69, 9.17) is 47.4 Å². The lowest BCUT2D eigenvalue weighted by atomic mass is 9.76. The highest BCUT2D eigenvalue weighted by molar-refractivity contribution is 5.73. The van der Waals surface area contributed by atoms with Gasteiger partial charge < -0.3 is 72.5 Å². The number of hydrogen-bond donors (Lipinski definition) is 3. The second-order valence-electron chi connectivity index (χ2n) is 19.9. The maximum atomic E-state index is 14.7. The van der Waals surface area contributed by atoms with Crippen molar-refractivity contribution in [2.45, 2.75) is 210 Å². The van der Waals surface area contributed by atoms with Crippen LogP contribution < -0.4 is 0 Å². The normalized spacial score (nSPS) is 48.4. The number of cyclic esters (lactones) is 1. The minimum atomic E-state index is -1.58. The molecule has 2 unspecified atom stereocenters. The number of aliphatic hydroxyl groups is 3. The van der Waals surface area contributed by atoms with Crippen molar-refractivity contribution in [1.29, 1.82) is 0 Å². The zero-order chi connectivity index (χ0) is 46.3. The topological polar surface area (TPSA) is 197 Å². The highest BCUT2D eigenvalue weighted by atomic mass is 16.8. The zero-order valence-electron chi connectivity index (χ0n) is 40.0. The summed E-state index contributed by atoms with van der Waals surface area (Å²) in [5, 5.41) is 33.4. The molecule has 0 aromatic carbocycles. The average Bonchev–Trinajstić information content (AvgIpc) is 3.86. The minimum absolute atomic E-state index is 0.0190. The third-order valence-electron chi connectivity index (χ3n) is 14.6. The number of esters is 2. The summed E-state index contributed by atoms with van der Waals surface area (Å²) < 4.78 is 64.0. The molecule has 17 heteroatoms. The molecule has 360 valence electrons. The lowest BCUT2D eigenvalue weighted by Gasteiger charge is -2.50. The Morgan fingerprint density at radius 3 is 2.24 bits per heavy atom. The van der Waals surface area contributed by atoms with Crippen LogP contribution in [0.2, 0.25) is 0 Å². The van der Waals surface area contributed by atoms with E-state index in [-0.39, 0.29) is 43.6 Å². The quantitative estimate of drug-likeness (QED) is 0.147. The highest BCUT2D eigenvalue weighted by Gasteiger charge is 2.85. The van der Waals surface area contributed by atoms with Crippen LogP contribution in [-0.2, 0) is 57.0 Å². The first kappa shape index (κ1) is 51.4. The van der Waals surface area contributed by atoms with Gasteiger partial charge in [0.1, 0.15) is 23.9 Å². The van der Waals surface area contributed by atoms with Crippen molar-refractivity contribution in [2.75, 3.05) is 48.0 Å². The number of ether oxygens (including phenoxy) is 10. The number of hydrogen-bond acceptors (Lipinski definition) is 17. The maximum Gasteiger partial charge on any atom is 0.311 e. The van der Waals surface area contributed by atoms with E-state index < -0.39 is 108 Å². The number of likely N-dealkylation sites (N-methyl/N-ethyl adjacent to an activating group) is 2. The van der Waals surface area contributed by atoms with Crippen LogP contribution in [0.15, 0.2) is 0 Å². The van der Waals surface area contributed by atoms with Crippen LogP contribution >= 0.6 is 0 Å². The Hall–Kier alpha value is -1.58. The SMILES string of the molecule is CC[C@H]1OC(=O)[C@H](C)[C@@H](OC2C[C@@](C)(OC)[C@@H](OCCCO)[C@H](C)O2)[C@H](C)[C@@H](O[C@@H]2O[C@H](C)C[C@H](N(C)C)[C@H]2OC(C)=O)[C@](C)(O)C[C@@H](C)CN(C)[C@H](C)[C@H]2O[C@@H](O)C23O[C@]13C. The molecule has 0 aromatic rings. The van der Waals surface area contributed by atoms with Crippen molar-refractivity contribution in [2.24, 2.45) is 17.8 Å². The van der Waals surface area contributed by atoms with Gasteiger partial charge in [0.05, 0.1) is 47.6 Å². The fraction of sp³-hybridized carbons (Fsp3) is 0.956. The largest absolute Gasteiger partial charge is 0.459 e. The fourth-order valence-corrected chi connectivity index (χ4v) is 11.1. The number of aliphatic hydroxyl groups excluding tert-OH is 2. The number of rotatable bonds is 12. The van der Waals surface area contributed by atoms with Gasteiger partial charge in [-0.15, -0.1) is 0 Å². The van der Waals surface area contributed by atoms with E-state index in [0.29, 0.717) is 32.4 Å². The van der Waals surface area contributed by atoms with Gasteiger partial charge in [-0.1, -0.05) is 20.8 Å². The first-order chi connectivity index (χ1) is 28.9. The van der Waals surface area contributed by atoms with Gasteiger partial charge in [0.2, 0.25) is 0 Å². The molecule has 5 aliphatic heterocycles. The van der Waals surface area contributed by atoms with Crippen LogP contribution in [0, 0.1) is 17.8 Å². The van der Waals surface area contributed by atoms with Gasteiger partial charge in [-0.25, -0.2) is 0 Å². The molecule has 1 spiro atoms. The van der Waals surface area contributed by atoms with Gasteiger partial charge in [0.25, 0.3) is 0 Å². The van der Waals surface area contributed by atoms with Crippen LogP contribution in [0.3, 0.4) is 0 Å². The number of carbonyl (C=O) groups excluding carboxylic acids is 2. The molecule has 5 fully saturated rings. The monoisotopic (exact) mass is 889 g/mol. The lowest BCUT2D eigenvalue weighted by molar-refractivity contribution is -0.321. The second-order valence-corrected chi connectivity index (χ2v) is 19.9. The molecular formula is C45H80N2O15. The van der Waals surface area contributed by atoms with Crippen molar-refractivity contribution < 1.29 is 72.3 Å². The number of nitrogens with zero attached hydrogens (tertiary/aromatic N) is 2. The summed E-state index contributed by atoms with van der Waals surface area (Å²) in [7, 11) is 7.40. The number of carbonyl (C=O) groups is 2. The van der Waals surface area contributed by atoms with E-state index in [0.717, 1.165) is 0 Å². The molecule has 3 N–H and O–H groups in total. The zero-order valence-corrected chi connectivity index (χ0v) is 40.0. The second kappa shape index (κ2) is 20.1. The number of methoxy groups -OCH3 is 1. The molecule has 5 saturated heterocycles. The Bertz CT molecular complexity index is 1510. The molecule has 5 heterocycles. The first-order valence-corrected chi connectivity index (χ1v) is 22.8. The average molecular weight is 889 g/mol. The van der Waals surface area contributed by atoms with E-state index in [1.807, 2.05) is 74.5 Å². The third kappa shape index (κ3) is 10.2. The van der Waals surface area contributed by atoms with Crippen LogP contribution in [0.1, 0.15) is 108 Å². The van der Waals surface area contributed by atoms with Crippen LogP contribution in [0.5, 0.6) is 0 Å². The molecule has 0 radical (unpaired) electrons. The lowest BCUT2D eigenvalue weighted by Crippen LogP contribution is -2.68. The van der Waals surface area contributed by atoms with E-state index in [2.05, 4.69) is 11.8 Å². The van der Waals surface area contributed by atoms with Crippen molar-refractivity contribution >= 4 is 11.9 Å². The molecule has 5 aliphatic rings. The molecule has 0 aliphatic carbocycles. The molecule has 0 saturated carbocycles. The van der Waals surface area contributed by atoms with Crippen molar-refractivity contribution in [3.05, 3.63) is 0 Å². The Balaban J connectivity index is 1.59. The Morgan fingerprint density at radius 1 is 0.984 bits per heavy atom. The fourth-order valence-electron chi connectivity index (χ4n) is 11.1. The van der Waals surface area contributed by atoms with Gasteiger partial charge >= 0.3 is 11.9 Å². The molecular weight excluding hydrogens is 808 g/mol. The summed E-state index contributed by atoms with van der Waals surface area (Å²) in [6.07, 6.45) is -6.78. The number of epoxide rings is 1. The van der Waals surface area contributed by atoms with Gasteiger partial charge in [0, 0.05) is 52.2 Å².